The molecule has 0 aliphatic heterocycles. The molecule has 0 atom stereocenters. The van der Waals surface area contributed by atoms with Crippen LogP contribution < -0.4 is 10.1 Å². The molecule has 3 rings (SSSR count). The molecule has 0 bridgehead atoms. The number of carbonyl (C=O) groups is 1. The lowest BCUT2D eigenvalue weighted by Gasteiger charge is -2.27. The number of amides is 1. The van der Waals surface area contributed by atoms with Crippen LogP contribution in [0.15, 0.2) is 47.0 Å². The number of halogens is 3. The molecule has 0 aliphatic carbocycles. The Morgan fingerprint density at radius 1 is 1.12 bits per heavy atom. The van der Waals surface area contributed by atoms with E-state index >= 15 is 0 Å². The zero-order valence-corrected chi connectivity index (χ0v) is 19.9. The fraction of sp³-hybridized carbons (Fsp3) is 0.304. The number of hydrogen-bond donors (Lipinski definition) is 2. The van der Waals surface area contributed by atoms with Crippen molar-refractivity contribution in [1.29, 1.82) is 0 Å². The first kappa shape index (κ1) is 24.2. The second-order valence-electron chi connectivity index (χ2n) is 7.70. The van der Waals surface area contributed by atoms with Gasteiger partial charge in [0.05, 0.1) is 23.2 Å². The lowest BCUT2D eigenvalue weighted by atomic mass is 9.78. The molecule has 9 heteroatoms. The molecule has 0 fully saturated rings. The third kappa shape index (κ3) is 5.68. The maximum Gasteiger partial charge on any atom is 0.405 e. The third-order valence-electron chi connectivity index (χ3n) is 5.12. The Hall–Kier alpha value is -2.41. The molecule has 0 spiro atoms. The second kappa shape index (κ2) is 10.5. The molecule has 2 N–H and O–H groups in total. The van der Waals surface area contributed by atoms with Gasteiger partial charge in [-0.15, -0.1) is 11.6 Å². The minimum absolute atomic E-state index is 0.0561. The summed E-state index contributed by atoms with van der Waals surface area (Å²) in [7, 11) is 0. The van der Waals surface area contributed by atoms with E-state index in [1.54, 1.807) is 6.07 Å². The van der Waals surface area contributed by atoms with Crippen LogP contribution in [0.4, 0.5) is 4.79 Å². The summed E-state index contributed by atoms with van der Waals surface area (Å²) >= 11 is 18.6. The van der Waals surface area contributed by atoms with Gasteiger partial charge in [-0.25, -0.2) is 4.79 Å². The van der Waals surface area contributed by atoms with Crippen LogP contribution in [0.2, 0.25) is 10.0 Å². The molecule has 0 aliphatic rings. The zero-order chi connectivity index (χ0) is 23.3. The van der Waals surface area contributed by atoms with Gasteiger partial charge in [-0.3, -0.25) is 0 Å². The van der Waals surface area contributed by atoms with Crippen molar-refractivity contribution >= 4 is 40.9 Å². The minimum Gasteiger partial charge on any atom is -0.490 e. The highest BCUT2D eigenvalue weighted by Gasteiger charge is 2.26. The summed E-state index contributed by atoms with van der Waals surface area (Å²) in [4.78, 5) is 10.6. The van der Waals surface area contributed by atoms with Crippen molar-refractivity contribution in [2.45, 2.75) is 32.2 Å². The highest BCUT2D eigenvalue weighted by Crippen LogP contribution is 2.40. The minimum atomic E-state index is -1.12. The fourth-order valence-corrected chi connectivity index (χ4v) is 3.91. The van der Waals surface area contributed by atoms with Crippen LogP contribution in [0.5, 0.6) is 5.75 Å². The van der Waals surface area contributed by atoms with Crippen molar-refractivity contribution in [2.75, 3.05) is 12.5 Å². The molecule has 1 amide bonds. The van der Waals surface area contributed by atoms with E-state index in [0.29, 0.717) is 46.2 Å². The van der Waals surface area contributed by atoms with Gasteiger partial charge >= 0.3 is 6.09 Å². The van der Waals surface area contributed by atoms with Crippen LogP contribution in [-0.2, 0) is 12.0 Å². The lowest BCUT2D eigenvalue weighted by molar-refractivity contribution is 0.192. The molecule has 0 radical (unpaired) electrons. The number of aromatic nitrogens is 1. The predicted octanol–water partition coefficient (Wildman–Crippen LogP) is 6.75. The van der Waals surface area contributed by atoms with E-state index in [1.165, 1.54) is 0 Å². The Labute approximate surface area is 201 Å². The van der Waals surface area contributed by atoms with E-state index in [1.807, 2.05) is 36.4 Å². The standard InChI is InChI=1S/C23H23Cl3N2O4/c1-23(2,16-10-18(25)21(19(26)11-16)31-9-3-8-24)15-6-4-14(5-7-15)20-12-17(32-28-20)13-27-22(29)30/h4-7,10-12,27H,3,8-9,13H2,1-2H3,(H,29,30). The van der Waals surface area contributed by atoms with Crippen molar-refractivity contribution in [1.82, 2.24) is 10.5 Å². The normalized spacial score (nSPS) is 11.4. The van der Waals surface area contributed by atoms with Crippen LogP contribution in [0.3, 0.4) is 0 Å². The molecule has 1 heterocycles. The summed E-state index contributed by atoms with van der Waals surface area (Å²) in [5, 5.41) is 15.9. The van der Waals surface area contributed by atoms with Gasteiger partial charge < -0.3 is 19.7 Å². The monoisotopic (exact) mass is 496 g/mol. The molecule has 2 aromatic carbocycles. The van der Waals surface area contributed by atoms with Gasteiger partial charge in [0.25, 0.3) is 0 Å². The van der Waals surface area contributed by atoms with Gasteiger partial charge in [-0.1, -0.05) is 66.5 Å². The van der Waals surface area contributed by atoms with Gasteiger partial charge in [0.1, 0.15) is 5.69 Å². The van der Waals surface area contributed by atoms with Gasteiger partial charge in [0.2, 0.25) is 0 Å². The number of nitrogens with one attached hydrogen (secondary N) is 1. The van der Waals surface area contributed by atoms with Gasteiger partial charge in [0.15, 0.2) is 11.5 Å². The molecular weight excluding hydrogens is 475 g/mol. The lowest BCUT2D eigenvalue weighted by Crippen LogP contribution is -2.19. The molecule has 32 heavy (non-hydrogen) atoms. The van der Waals surface area contributed by atoms with Crippen LogP contribution in [0.25, 0.3) is 11.3 Å². The van der Waals surface area contributed by atoms with Crippen LogP contribution in [0.1, 0.15) is 37.2 Å². The number of ether oxygens (including phenoxy) is 1. The zero-order valence-electron chi connectivity index (χ0n) is 17.6. The number of rotatable bonds is 9. The number of carboxylic acid groups (broad SMARTS) is 1. The predicted molar refractivity (Wildman–Crippen MR) is 126 cm³/mol. The first-order chi connectivity index (χ1) is 15.2. The summed E-state index contributed by atoms with van der Waals surface area (Å²) < 4.78 is 10.9. The Bertz CT molecular complexity index is 1060. The first-order valence-corrected chi connectivity index (χ1v) is 11.2. The van der Waals surface area contributed by atoms with Gasteiger partial charge in [-0.2, -0.15) is 0 Å². The molecule has 170 valence electrons. The SMILES string of the molecule is CC(C)(c1ccc(-c2cc(CNC(=O)O)on2)cc1)c1cc(Cl)c(OCCCCl)c(Cl)c1. The quantitative estimate of drug-likeness (QED) is 0.252. The summed E-state index contributed by atoms with van der Waals surface area (Å²) in [6.07, 6.45) is -0.415. The van der Waals surface area contributed by atoms with E-state index < -0.39 is 6.09 Å². The third-order valence-corrected chi connectivity index (χ3v) is 5.95. The Morgan fingerprint density at radius 2 is 1.78 bits per heavy atom. The van der Waals surface area contributed by atoms with Crippen LogP contribution >= 0.6 is 34.8 Å². The van der Waals surface area contributed by atoms with Gasteiger partial charge in [-0.05, 0) is 29.7 Å². The summed E-state index contributed by atoms with van der Waals surface area (Å²) in [5.74, 6) is 1.41. The Balaban J connectivity index is 1.80. The molecular formula is C23H23Cl3N2O4. The van der Waals surface area contributed by atoms with Crippen molar-refractivity contribution in [2.24, 2.45) is 0 Å². The molecule has 0 saturated carbocycles. The summed E-state index contributed by atoms with van der Waals surface area (Å²) in [5.41, 5.74) is 3.12. The first-order valence-electron chi connectivity index (χ1n) is 9.94. The van der Waals surface area contributed by atoms with E-state index in [4.69, 9.17) is 49.2 Å². The summed E-state index contributed by atoms with van der Waals surface area (Å²) in [6.45, 7) is 4.68. The largest absolute Gasteiger partial charge is 0.490 e. The highest BCUT2D eigenvalue weighted by molar-refractivity contribution is 6.37. The molecule has 0 saturated heterocycles. The number of alkyl halides is 1. The number of nitrogens with zero attached hydrogens (tertiary/aromatic N) is 1. The van der Waals surface area contributed by atoms with E-state index in [-0.39, 0.29) is 12.0 Å². The van der Waals surface area contributed by atoms with Crippen molar-refractivity contribution in [3.63, 3.8) is 0 Å². The maximum absolute atomic E-state index is 10.6. The number of hydrogen-bond acceptors (Lipinski definition) is 4. The molecule has 1 aromatic heterocycles. The van der Waals surface area contributed by atoms with E-state index in [0.717, 1.165) is 16.7 Å². The topological polar surface area (TPSA) is 84.6 Å². The van der Waals surface area contributed by atoms with Crippen molar-refractivity contribution < 1.29 is 19.2 Å². The number of benzene rings is 2. The second-order valence-corrected chi connectivity index (χ2v) is 8.89. The van der Waals surface area contributed by atoms with Crippen molar-refractivity contribution in [3.05, 3.63) is 69.4 Å². The smallest absolute Gasteiger partial charge is 0.405 e. The summed E-state index contributed by atoms with van der Waals surface area (Å²) in [6, 6.07) is 13.3. The average molecular weight is 498 g/mol. The van der Waals surface area contributed by atoms with Gasteiger partial charge in [0, 0.05) is 22.9 Å². The van der Waals surface area contributed by atoms with Crippen LogP contribution in [0, 0.1) is 0 Å². The van der Waals surface area contributed by atoms with Crippen molar-refractivity contribution in [3.8, 4) is 17.0 Å². The molecule has 6 nitrogen and oxygen atoms in total. The van der Waals surface area contributed by atoms with E-state index in [9.17, 15) is 4.79 Å². The molecule has 0 unspecified atom stereocenters. The maximum atomic E-state index is 10.6. The fourth-order valence-electron chi connectivity index (χ4n) is 3.21. The Kier molecular flexibility index (Phi) is 7.93. The molecule has 3 aromatic rings. The van der Waals surface area contributed by atoms with Crippen LogP contribution in [-0.4, -0.2) is 28.8 Å². The average Bonchev–Trinajstić information content (AvgIpc) is 3.23. The Morgan fingerprint density at radius 3 is 2.38 bits per heavy atom. The van der Waals surface area contributed by atoms with E-state index in [2.05, 4.69) is 24.3 Å². The highest BCUT2D eigenvalue weighted by atomic mass is 35.5.